The van der Waals surface area contributed by atoms with E-state index in [2.05, 4.69) is 48.3 Å². The molecule has 0 spiro atoms. The maximum Gasteiger partial charge on any atom is 0.163 e. The Kier molecular flexibility index (Phi) is 4.80. The molecule has 2 heterocycles. The Labute approximate surface area is 153 Å². The number of fused-ring (bicyclic) bond motifs is 3. The molecule has 0 aliphatic carbocycles. The van der Waals surface area contributed by atoms with Crippen LogP contribution in [0.3, 0.4) is 0 Å². The summed E-state index contributed by atoms with van der Waals surface area (Å²) >= 11 is 0. The van der Waals surface area contributed by atoms with Gasteiger partial charge in [-0.15, -0.1) is 0 Å². The lowest BCUT2D eigenvalue weighted by atomic mass is 10.1. The Bertz CT molecular complexity index is 922. The van der Waals surface area contributed by atoms with Crippen molar-refractivity contribution in [1.29, 1.82) is 0 Å². The minimum Gasteiger partial charge on any atom is -0.486 e. The summed E-state index contributed by atoms with van der Waals surface area (Å²) in [6, 6.07) is 12.3. The zero-order valence-electron chi connectivity index (χ0n) is 15.4. The Morgan fingerprint density at radius 1 is 0.962 bits per heavy atom. The fraction of sp³-hybridized carbons (Fsp3) is 0.381. The lowest BCUT2D eigenvalue weighted by Gasteiger charge is -2.22. The van der Waals surface area contributed by atoms with Crippen molar-refractivity contribution in [3.05, 3.63) is 36.4 Å². The zero-order valence-corrected chi connectivity index (χ0v) is 15.4. The predicted molar refractivity (Wildman–Crippen MR) is 107 cm³/mol. The number of aromatic nitrogens is 1. The highest BCUT2D eigenvalue weighted by Crippen LogP contribution is 2.39. The molecular weight excluding hydrogens is 326 g/mol. The summed E-state index contributed by atoms with van der Waals surface area (Å²) in [6.45, 7) is 9.60. The number of rotatable bonds is 6. The van der Waals surface area contributed by atoms with Crippen LogP contribution in [-0.2, 0) is 0 Å². The molecule has 2 aromatic carbocycles. The fourth-order valence-electron chi connectivity index (χ4n) is 3.50. The van der Waals surface area contributed by atoms with Gasteiger partial charge in [0, 0.05) is 29.9 Å². The molecule has 4 rings (SSSR count). The maximum atomic E-state index is 5.79. The molecule has 5 heteroatoms. The van der Waals surface area contributed by atoms with Crippen LogP contribution in [0.5, 0.6) is 11.5 Å². The molecular formula is C21H25N3O2. The number of hydrogen-bond donors (Lipinski definition) is 1. The van der Waals surface area contributed by atoms with E-state index in [1.807, 2.05) is 12.1 Å². The number of nitrogens with zero attached hydrogens (tertiary/aromatic N) is 2. The van der Waals surface area contributed by atoms with Crippen LogP contribution in [0.1, 0.15) is 13.8 Å². The van der Waals surface area contributed by atoms with E-state index in [1.54, 1.807) is 0 Å². The van der Waals surface area contributed by atoms with E-state index >= 15 is 0 Å². The van der Waals surface area contributed by atoms with Gasteiger partial charge < -0.3 is 19.7 Å². The average molecular weight is 351 g/mol. The first-order chi connectivity index (χ1) is 12.8. The monoisotopic (exact) mass is 351 g/mol. The molecule has 1 aliphatic heterocycles. The predicted octanol–water partition coefficient (Wildman–Crippen LogP) is 3.91. The van der Waals surface area contributed by atoms with Crippen LogP contribution < -0.4 is 14.8 Å². The molecule has 1 aromatic heterocycles. The number of pyridine rings is 1. The quantitative estimate of drug-likeness (QED) is 0.682. The van der Waals surface area contributed by atoms with Crippen LogP contribution in [0.2, 0.25) is 0 Å². The van der Waals surface area contributed by atoms with Crippen molar-refractivity contribution in [3.8, 4) is 11.5 Å². The lowest BCUT2D eigenvalue weighted by Crippen LogP contribution is -2.28. The third kappa shape index (κ3) is 3.15. The summed E-state index contributed by atoms with van der Waals surface area (Å²) in [5, 5.41) is 5.87. The molecule has 0 amide bonds. The van der Waals surface area contributed by atoms with E-state index in [0.29, 0.717) is 13.2 Å². The van der Waals surface area contributed by atoms with E-state index in [1.165, 1.54) is 0 Å². The van der Waals surface area contributed by atoms with E-state index in [-0.39, 0.29) is 0 Å². The van der Waals surface area contributed by atoms with Gasteiger partial charge in [-0.25, -0.2) is 4.98 Å². The molecule has 0 saturated heterocycles. The summed E-state index contributed by atoms with van der Waals surface area (Å²) < 4.78 is 11.5. The van der Waals surface area contributed by atoms with Gasteiger partial charge in [0.05, 0.1) is 16.7 Å². The Hall–Kier alpha value is -2.53. The largest absolute Gasteiger partial charge is 0.486 e. The van der Waals surface area contributed by atoms with Crippen LogP contribution in [0, 0.1) is 0 Å². The molecule has 0 fully saturated rings. The molecule has 136 valence electrons. The number of nitrogens with one attached hydrogen (secondary N) is 1. The van der Waals surface area contributed by atoms with Crippen molar-refractivity contribution in [2.75, 3.05) is 44.7 Å². The second kappa shape index (κ2) is 7.38. The van der Waals surface area contributed by atoms with Gasteiger partial charge in [-0.2, -0.15) is 0 Å². The van der Waals surface area contributed by atoms with Crippen LogP contribution in [0.15, 0.2) is 36.4 Å². The van der Waals surface area contributed by atoms with Gasteiger partial charge in [0.2, 0.25) is 0 Å². The first-order valence-electron chi connectivity index (χ1n) is 9.38. The van der Waals surface area contributed by atoms with Crippen LogP contribution in [0.4, 0.5) is 5.69 Å². The summed E-state index contributed by atoms with van der Waals surface area (Å²) in [5.41, 5.74) is 3.04. The second-order valence-corrected chi connectivity index (χ2v) is 6.47. The van der Waals surface area contributed by atoms with E-state index in [4.69, 9.17) is 14.5 Å². The van der Waals surface area contributed by atoms with Crippen molar-refractivity contribution in [2.45, 2.75) is 13.8 Å². The number of hydrogen-bond acceptors (Lipinski definition) is 5. The molecule has 0 unspecified atom stereocenters. The topological polar surface area (TPSA) is 46.6 Å². The molecule has 0 radical (unpaired) electrons. The number of benzene rings is 2. The van der Waals surface area contributed by atoms with Gasteiger partial charge >= 0.3 is 0 Å². The molecule has 3 aromatic rings. The molecule has 26 heavy (non-hydrogen) atoms. The van der Waals surface area contributed by atoms with Crippen molar-refractivity contribution in [2.24, 2.45) is 0 Å². The van der Waals surface area contributed by atoms with E-state index in [9.17, 15) is 0 Å². The third-order valence-corrected chi connectivity index (χ3v) is 4.97. The SMILES string of the molecule is CCN(CC)CCNc1c2ccccc2nc2cc3c(cc12)OCCO3. The van der Waals surface area contributed by atoms with Crippen molar-refractivity contribution >= 4 is 27.5 Å². The molecule has 0 atom stereocenters. The first kappa shape index (κ1) is 16.9. The minimum atomic E-state index is 0.584. The van der Waals surface area contributed by atoms with Gasteiger partial charge in [-0.05, 0) is 25.2 Å². The lowest BCUT2D eigenvalue weighted by molar-refractivity contribution is 0.172. The third-order valence-electron chi connectivity index (χ3n) is 4.97. The second-order valence-electron chi connectivity index (χ2n) is 6.47. The molecule has 0 saturated carbocycles. The van der Waals surface area contributed by atoms with Gasteiger partial charge in [0.1, 0.15) is 13.2 Å². The first-order valence-corrected chi connectivity index (χ1v) is 9.38. The summed E-state index contributed by atoms with van der Waals surface area (Å²) in [7, 11) is 0. The number of anilines is 1. The van der Waals surface area contributed by atoms with Crippen LogP contribution in [-0.4, -0.2) is 49.3 Å². The van der Waals surface area contributed by atoms with E-state index < -0.39 is 0 Å². The minimum absolute atomic E-state index is 0.584. The van der Waals surface area contributed by atoms with Gasteiger partial charge in [-0.3, -0.25) is 0 Å². The number of likely N-dealkylation sites (N-methyl/N-ethyl adjacent to an activating group) is 1. The van der Waals surface area contributed by atoms with Crippen molar-refractivity contribution in [3.63, 3.8) is 0 Å². The molecule has 5 nitrogen and oxygen atoms in total. The van der Waals surface area contributed by atoms with E-state index in [0.717, 1.165) is 65.2 Å². The molecule has 0 bridgehead atoms. The summed E-state index contributed by atoms with van der Waals surface area (Å²) in [6.07, 6.45) is 0. The van der Waals surface area contributed by atoms with Crippen molar-refractivity contribution < 1.29 is 9.47 Å². The number of para-hydroxylation sites is 1. The van der Waals surface area contributed by atoms with Crippen LogP contribution >= 0.6 is 0 Å². The number of ether oxygens (including phenoxy) is 2. The normalized spacial score (nSPS) is 13.5. The van der Waals surface area contributed by atoms with Crippen LogP contribution in [0.25, 0.3) is 21.8 Å². The van der Waals surface area contributed by atoms with Gasteiger partial charge in [-0.1, -0.05) is 32.0 Å². The Balaban J connectivity index is 1.78. The van der Waals surface area contributed by atoms with Gasteiger partial charge in [0.15, 0.2) is 11.5 Å². The van der Waals surface area contributed by atoms with Gasteiger partial charge in [0.25, 0.3) is 0 Å². The summed E-state index contributed by atoms with van der Waals surface area (Å²) in [5.74, 6) is 1.58. The highest BCUT2D eigenvalue weighted by molar-refractivity contribution is 6.08. The highest BCUT2D eigenvalue weighted by atomic mass is 16.6. The smallest absolute Gasteiger partial charge is 0.163 e. The summed E-state index contributed by atoms with van der Waals surface area (Å²) in [4.78, 5) is 7.25. The fourth-order valence-corrected chi connectivity index (χ4v) is 3.50. The molecule has 1 aliphatic rings. The maximum absolute atomic E-state index is 5.79. The molecule has 1 N–H and O–H groups in total. The standard InChI is InChI=1S/C21H25N3O2/c1-3-24(4-2)10-9-22-21-15-7-5-6-8-17(15)23-18-14-20-19(13-16(18)21)25-11-12-26-20/h5-8,13-14H,3-4,9-12H2,1-2H3,(H,22,23). The zero-order chi connectivity index (χ0) is 17.9. The van der Waals surface area contributed by atoms with Crippen molar-refractivity contribution in [1.82, 2.24) is 9.88 Å². The Morgan fingerprint density at radius 3 is 2.46 bits per heavy atom. The average Bonchev–Trinajstić information content (AvgIpc) is 2.69. The highest BCUT2D eigenvalue weighted by Gasteiger charge is 2.17. The Morgan fingerprint density at radius 2 is 1.69 bits per heavy atom.